The monoisotopic (exact) mass is 421 g/mol. The Balaban J connectivity index is 1.63. The van der Waals surface area contributed by atoms with Crippen LogP contribution in [0, 0.1) is 0 Å². The number of para-hydroxylation sites is 1. The Morgan fingerprint density at radius 1 is 1.13 bits per heavy atom. The minimum Gasteiger partial charge on any atom is -0.497 e. The molecular weight excluding hydrogens is 402 g/mol. The van der Waals surface area contributed by atoms with Gasteiger partial charge in [-0.1, -0.05) is 23.9 Å². The smallest absolute Gasteiger partial charge is 0.266 e. The van der Waals surface area contributed by atoms with Crippen LogP contribution in [-0.4, -0.2) is 28.3 Å². The lowest BCUT2D eigenvalue weighted by atomic mass is 10.2. The molecule has 4 aromatic rings. The molecule has 2 heterocycles. The predicted molar refractivity (Wildman–Crippen MR) is 115 cm³/mol. The molecule has 2 aromatic carbocycles. The normalized spacial score (nSPS) is 10.8. The van der Waals surface area contributed by atoms with E-state index in [-0.39, 0.29) is 17.2 Å². The number of nitrogens with zero attached hydrogens (tertiary/aromatic N) is 2. The number of carbonyl (C=O) groups excluding carboxylic acids is 1. The van der Waals surface area contributed by atoms with Crippen molar-refractivity contribution in [2.24, 2.45) is 0 Å². The van der Waals surface area contributed by atoms with Crippen LogP contribution in [0.1, 0.15) is 5.76 Å². The average molecular weight is 421 g/mol. The van der Waals surface area contributed by atoms with E-state index in [1.54, 1.807) is 68.0 Å². The van der Waals surface area contributed by atoms with Crippen LogP contribution in [-0.2, 0) is 11.3 Å². The van der Waals surface area contributed by atoms with Crippen LogP contribution in [0.5, 0.6) is 5.75 Å². The van der Waals surface area contributed by atoms with Gasteiger partial charge in [-0.25, -0.2) is 4.98 Å². The summed E-state index contributed by atoms with van der Waals surface area (Å²) in [5, 5.41) is 3.75. The molecule has 8 heteroatoms. The lowest BCUT2D eigenvalue weighted by molar-refractivity contribution is -0.118. The standard InChI is InChI=1S/C22H19N3O4S/c1-28-16-10-8-15(9-11-16)25-21(27)18-6-2-3-7-19(18)24-22(25)30-14-20(26)23-13-17-5-4-12-29-17/h2-12H,13-14H2,1H3,(H,23,26). The highest BCUT2D eigenvalue weighted by Crippen LogP contribution is 2.22. The molecule has 30 heavy (non-hydrogen) atoms. The zero-order chi connectivity index (χ0) is 20.9. The van der Waals surface area contributed by atoms with E-state index in [1.165, 1.54) is 16.3 Å². The van der Waals surface area contributed by atoms with Gasteiger partial charge in [0.05, 0.1) is 42.3 Å². The second-order valence-electron chi connectivity index (χ2n) is 6.39. The number of furan rings is 1. The number of hydrogen-bond acceptors (Lipinski definition) is 6. The van der Waals surface area contributed by atoms with Gasteiger partial charge in [-0.05, 0) is 48.5 Å². The van der Waals surface area contributed by atoms with Crippen LogP contribution in [0.2, 0.25) is 0 Å². The Morgan fingerprint density at radius 2 is 1.93 bits per heavy atom. The average Bonchev–Trinajstić information content (AvgIpc) is 3.30. The van der Waals surface area contributed by atoms with Crippen LogP contribution in [0.3, 0.4) is 0 Å². The second kappa shape index (κ2) is 8.87. The molecule has 0 aliphatic carbocycles. The van der Waals surface area contributed by atoms with Gasteiger partial charge in [0.2, 0.25) is 5.91 Å². The number of benzene rings is 2. The van der Waals surface area contributed by atoms with Crippen molar-refractivity contribution in [1.29, 1.82) is 0 Å². The fourth-order valence-electron chi connectivity index (χ4n) is 2.95. The highest BCUT2D eigenvalue weighted by Gasteiger charge is 2.15. The fourth-order valence-corrected chi connectivity index (χ4v) is 3.79. The quantitative estimate of drug-likeness (QED) is 0.364. The maximum Gasteiger partial charge on any atom is 0.266 e. The third-order valence-electron chi connectivity index (χ3n) is 4.45. The number of nitrogens with one attached hydrogen (secondary N) is 1. The lowest BCUT2D eigenvalue weighted by Gasteiger charge is -2.13. The van der Waals surface area contributed by atoms with Crippen molar-refractivity contribution in [3.05, 3.63) is 83.0 Å². The van der Waals surface area contributed by atoms with Crippen LogP contribution >= 0.6 is 11.8 Å². The van der Waals surface area contributed by atoms with Crippen LogP contribution in [0.15, 0.2) is 81.3 Å². The van der Waals surface area contributed by atoms with Crippen LogP contribution in [0.4, 0.5) is 0 Å². The SMILES string of the molecule is COc1ccc(-n2c(SCC(=O)NCc3ccco3)nc3ccccc3c2=O)cc1. The van der Waals surface area contributed by atoms with Gasteiger partial charge in [-0.2, -0.15) is 0 Å². The number of ether oxygens (including phenoxy) is 1. The van der Waals surface area contributed by atoms with E-state index in [9.17, 15) is 9.59 Å². The Kier molecular flexibility index (Phi) is 5.85. The minimum absolute atomic E-state index is 0.113. The highest BCUT2D eigenvalue weighted by atomic mass is 32.2. The topological polar surface area (TPSA) is 86.4 Å². The Bertz CT molecular complexity index is 1220. The molecule has 0 spiro atoms. The molecule has 0 saturated heterocycles. The summed E-state index contributed by atoms with van der Waals surface area (Å²) in [5.74, 6) is 1.29. The largest absolute Gasteiger partial charge is 0.497 e. The molecule has 1 N–H and O–H groups in total. The summed E-state index contributed by atoms with van der Waals surface area (Å²) < 4.78 is 11.9. The summed E-state index contributed by atoms with van der Waals surface area (Å²) in [6.07, 6.45) is 1.56. The van der Waals surface area contributed by atoms with Crippen molar-refractivity contribution in [2.75, 3.05) is 12.9 Å². The summed E-state index contributed by atoms with van der Waals surface area (Å²) in [7, 11) is 1.58. The molecule has 0 unspecified atom stereocenters. The highest BCUT2D eigenvalue weighted by molar-refractivity contribution is 7.99. The molecular formula is C22H19N3O4S. The third-order valence-corrected chi connectivity index (χ3v) is 5.39. The third kappa shape index (κ3) is 4.23. The van der Waals surface area contributed by atoms with Gasteiger partial charge < -0.3 is 14.5 Å². The second-order valence-corrected chi connectivity index (χ2v) is 7.34. The maximum atomic E-state index is 13.2. The zero-order valence-corrected chi connectivity index (χ0v) is 17.0. The molecule has 0 saturated carbocycles. The van der Waals surface area contributed by atoms with Crippen LogP contribution < -0.4 is 15.6 Å². The number of fused-ring (bicyclic) bond motifs is 1. The van der Waals surface area contributed by atoms with E-state index in [2.05, 4.69) is 10.3 Å². The summed E-state index contributed by atoms with van der Waals surface area (Å²) >= 11 is 1.20. The molecule has 2 aromatic heterocycles. The molecule has 7 nitrogen and oxygen atoms in total. The molecule has 0 aliphatic heterocycles. The van der Waals surface area contributed by atoms with E-state index >= 15 is 0 Å². The predicted octanol–water partition coefficient (Wildman–Crippen LogP) is 3.40. The number of hydrogen-bond donors (Lipinski definition) is 1. The van der Waals surface area contributed by atoms with E-state index in [0.29, 0.717) is 39.8 Å². The summed E-state index contributed by atoms with van der Waals surface area (Å²) in [4.78, 5) is 30.1. The van der Waals surface area contributed by atoms with Crippen molar-refractivity contribution < 1.29 is 13.9 Å². The molecule has 0 radical (unpaired) electrons. The first-order chi connectivity index (χ1) is 14.7. The molecule has 4 rings (SSSR count). The van der Waals surface area contributed by atoms with E-state index in [1.807, 2.05) is 6.07 Å². The molecule has 152 valence electrons. The Labute approximate surface area is 176 Å². The fraction of sp³-hybridized carbons (Fsp3) is 0.136. The van der Waals surface area contributed by atoms with E-state index < -0.39 is 0 Å². The van der Waals surface area contributed by atoms with Gasteiger partial charge >= 0.3 is 0 Å². The van der Waals surface area contributed by atoms with Gasteiger partial charge in [0.1, 0.15) is 11.5 Å². The van der Waals surface area contributed by atoms with Gasteiger partial charge in [0.25, 0.3) is 5.56 Å². The number of amides is 1. The van der Waals surface area contributed by atoms with Crippen molar-refractivity contribution in [1.82, 2.24) is 14.9 Å². The number of carbonyl (C=O) groups is 1. The molecule has 0 fully saturated rings. The minimum atomic E-state index is -0.190. The summed E-state index contributed by atoms with van der Waals surface area (Å²) in [6, 6.07) is 17.9. The first-order valence-corrected chi connectivity index (χ1v) is 10.2. The van der Waals surface area contributed by atoms with Gasteiger partial charge in [0.15, 0.2) is 5.16 Å². The maximum absolute atomic E-state index is 13.2. The van der Waals surface area contributed by atoms with Crippen LogP contribution in [0.25, 0.3) is 16.6 Å². The zero-order valence-electron chi connectivity index (χ0n) is 16.2. The molecule has 1 amide bonds. The Hall–Kier alpha value is -3.52. The van der Waals surface area contributed by atoms with Crippen molar-refractivity contribution in [2.45, 2.75) is 11.7 Å². The number of thioether (sulfide) groups is 1. The molecule has 0 atom stereocenters. The molecule has 0 aliphatic rings. The van der Waals surface area contributed by atoms with Gasteiger partial charge in [-0.15, -0.1) is 0 Å². The molecule has 0 bridgehead atoms. The van der Waals surface area contributed by atoms with Gasteiger partial charge in [0, 0.05) is 0 Å². The lowest BCUT2D eigenvalue weighted by Crippen LogP contribution is -2.26. The number of rotatable bonds is 7. The van der Waals surface area contributed by atoms with E-state index in [0.717, 1.165) is 0 Å². The van der Waals surface area contributed by atoms with E-state index in [4.69, 9.17) is 9.15 Å². The van der Waals surface area contributed by atoms with Crippen molar-refractivity contribution >= 4 is 28.6 Å². The summed E-state index contributed by atoms with van der Waals surface area (Å²) in [6.45, 7) is 0.308. The summed E-state index contributed by atoms with van der Waals surface area (Å²) in [5.41, 5.74) is 1.05. The van der Waals surface area contributed by atoms with Crippen molar-refractivity contribution in [3.63, 3.8) is 0 Å². The Morgan fingerprint density at radius 3 is 2.67 bits per heavy atom. The number of methoxy groups -OCH3 is 1. The first kappa shape index (κ1) is 19.8. The van der Waals surface area contributed by atoms with Gasteiger partial charge in [-0.3, -0.25) is 14.2 Å². The number of aromatic nitrogens is 2. The first-order valence-electron chi connectivity index (χ1n) is 9.24. The van der Waals surface area contributed by atoms with Crippen molar-refractivity contribution in [3.8, 4) is 11.4 Å².